The smallest absolute Gasteiger partial charge is 0.120 e. The second-order valence-corrected chi connectivity index (χ2v) is 4.91. The lowest BCUT2D eigenvalue weighted by atomic mass is 9.98. The average molecular weight is 262 g/mol. The number of benzene rings is 1. The SMILES string of the molecule is C=CCC[C@H](c1cc(O)ccc1O)N1CCNCC1. The molecule has 1 atom stereocenters. The maximum Gasteiger partial charge on any atom is 0.120 e. The van der Waals surface area contributed by atoms with Crippen LogP contribution in [-0.2, 0) is 0 Å². The molecule has 0 radical (unpaired) electrons. The zero-order chi connectivity index (χ0) is 13.7. The van der Waals surface area contributed by atoms with Crippen LogP contribution in [0, 0.1) is 0 Å². The van der Waals surface area contributed by atoms with Crippen LogP contribution in [0.2, 0.25) is 0 Å². The first kappa shape index (κ1) is 13.9. The van der Waals surface area contributed by atoms with Crippen molar-refractivity contribution in [2.75, 3.05) is 26.2 Å². The molecule has 0 unspecified atom stereocenters. The number of nitrogens with zero attached hydrogens (tertiary/aromatic N) is 1. The zero-order valence-corrected chi connectivity index (χ0v) is 11.2. The molecule has 1 fully saturated rings. The number of nitrogens with one attached hydrogen (secondary N) is 1. The van der Waals surface area contributed by atoms with E-state index in [0.717, 1.165) is 44.6 Å². The van der Waals surface area contributed by atoms with Crippen LogP contribution < -0.4 is 5.32 Å². The van der Waals surface area contributed by atoms with Gasteiger partial charge in [0.2, 0.25) is 0 Å². The molecule has 4 nitrogen and oxygen atoms in total. The molecule has 0 saturated carbocycles. The van der Waals surface area contributed by atoms with Crippen molar-refractivity contribution in [2.24, 2.45) is 0 Å². The summed E-state index contributed by atoms with van der Waals surface area (Å²) in [5.41, 5.74) is 0.809. The molecule has 104 valence electrons. The minimum Gasteiger partial charge on any atom is -0.508 e. The molecule has 2 rings (SSSR count). The number of phenols is 2. The minimum absolute atomic E-state index is 0.132. The summed E-state index contributed by atoms with van der Waals surface area (Å²) < 4.78 is 0. The highest BCUT2D eigenvalue weighted by Gasteiger charge is 2.24. The number of piperazine rings is 1. The Bertz CT molecular complexity index is 428. The molecule has 0 aromatic heterocycles. The van der Waals surface area contributed by atoms with Crippen LogP contribution in [0.5, 0.6) is 11.5 Å². The largest absolute Gasteiger partial charge is 0.508 e. The van der Waals surface area contributed by atoms with Crippen molar-refractivity contribution >= 4 is 0 Å². The van der Waals surface area contributed by atoms with Gasteiger partial charge in [0.1, 0.15) is 11.5 Å². The van der Waals surface area contributed by atoms with Gasteiger partial charge in [0.25, 0.3) is 0 Å². The average Bonchev–Trinajstić information content (AvgIpc) is 2.44. The molecule has 1 aromatic rings. The molecule has 1 heterocycles. The van der Waals surface area contributed by atoms with Crippen LogP contribution in [0.1, 0.15) is 24.4 Å². The summed E-state index contributed by atoms with van der Waals surface area (Å²) in [6.45, 7) is 7.60. The van der Waals surface area contributed by atoms with Crippen molar-refractivity contribution in [3.8, 4) is 11.5 Å². The van der Waals surface area contributed by atoms with Crippen molar-refractivity contribution in [3.05, 3.63) is 36.4 Å². The van der Waals surface area contributed by atoms with Crippen LogP contribution >= 0.6 is 0 Å². The first-order valence-electron chi connectivity index (χ1n) is 6.80. The summed E-state index contributed by atoms with van der Waals surface area (Å²) in [6, 6.07) is 4.88. The molecule has 0 aliphatic carbocycles. The molecule has 3 N–H and O–H groups in total. The molecule has 0 spiro atoms. The van der Waals surface area contributed by atoms with Crippen molar-refractivity contribution in [2.45, 2.75) is 18.9 Å². The third kappa shape index (κ3) is 3.49. The van der Waals surface area contributed by atoms with Crippen LogP contribution in [0.15, 0.2) is 30.9 Å². The monoisotopic (exact) mass is 262 g/mol. The highest BCUT2D eigenvalue weighted by molar-refractivity contribution is 5.40. The van der Waals surface area contributed by atoms with Gasteiger partial charge in [0, 0.05) is 37.8 Å². The van der Waals surface area contributed by atoms with Crippen molar-refractivity contribution in [1.82, 2.24) is 10.2 Å². The molecular weight excluding hydrogens is 240 g/mol. The highest BCUT2D eigenvalue weighted by atomic mass is 16.3. The Morgan fingerprint density at radius 1 is 1.32 bits per heavy atom. The van der Waals surface area contributed by atoms with Crippen molar-refractivity contribution < 1.29 is 10.2 Å². The van der Waals surface area contributed by atoms with Gasteiger partial charge in [-0.15, -0.1) is 6.58 Å². The van der Waals surface area contributed by atoms with E-state index in [9.17, 15) is 10.2 Å². The van der Waals surface area contributed by atoms with Gasteiger partial charge in [-0.1, -0.05) is 6.08 Å². The van der Waals surface area contributed by atoms with Gasteiger partial charge in [0.05, 0.1) is 0 Å². The molecule has 4 heteroatoms. The molecule has 1 saturated heterocycles. The Morgan fingerprint density at radius 2 is 2.05 bits per heavy atom. The number of hydrogen-bond acceptors (Lipinski definition) is 4. The lowest BCUT2D eigenvalue weighted by Gasteiger charge is -2.35. The predicted octanol–water partition coefficient (Wildman–Crippen LogP) is 2.01. The summed E-state index contributed by atoms with van der Waals surface area (Å²) in [6.07, 6.45) is 3.69. The van der Waals surface area contributed by atoms with E-state index in [-0.39, 0.29) is 17.5 Å². The normalized spacial score (nSPS) is 18.1. The fraction of sp³-hybridized carbons (Fsp3) is 0.467. The summed E-state index contributed by atoms with van der Waals surface area (Å²) in [4.78, 5) is 2.36. The molecule has 1 aliphatic heterocycles. The first-order valence-corrected chi connectivity index (χ1v) is 6.80. The second kappa shape index (κ2) is 6.59. The van der Waals surface area contributed by atoms with E-state index < -0.39 is 0 Å². The predicted molar refractivity (Wildman–Crippen MR) is 76.4 cm³/mol. The summed E-state index contributed by atoms with van der Waals surface area (Å²) in [5.74, 6) is 0.455. The number of allylic oxidation sites excluding steroid dienone is 1. The van der Waals surface area contributed by atoms with E-state index in [1.807, 2.05) is 6.08 Å². The zero-order valence-electron chi connectivity index (χ0n) is 11.2. The van der Waals surface area contributed by atoms with Crippen LogP contribution in [0.25, 0.3) is 0 Å². The Balaban J connectivity index is 2.24. The van der Waals surface area contributed by atoms with Crippen molar-refractivity contribution in [1.29, 1.82) is 0 Å². The summed E-state index contributed by atoms with van der Waals surface area (Å²) in [7, 11) is 0. The van der Waals surface area contributed by atoms with Crippen molar-refractivity contribution in [3.63, 3.8) is 0 Å². The van der Waals surface area contributed by atoms with Gasteiger partial charge >= 0.3 is 0 Å². The van der Waals surface area contributed by atoms with E-state index in [2.05, 4.69) is 16.8 Å². The highest BCUT2D eigenvalue weighted by Crippen LogP contribution is 2.34. The fourth-order valence-corrected chi connectivity index (χ4v) is 2.61. The molecule has 19 heavy (non-hydrogen) atoms. The Kier molecular flexibility index (Phi) is 4.82. The molecule has 1 aliphatic rings. The van der Waals surface area contributed by atoms with Gasteiger partial charge in [-0.05, 0) is 31.0 Å². The molecule has 0 amide bonds. The third-order valence-corrected chi connectivity index (χ3v) is 3.61. The fourth-order valence-electron chi connectivity index (χ4n) is 2.61. The first-order chi connectivity index (χ1) is 9.22. The summed E-state index contributed by atoms with van der Waals surface area (Å²) >= 11 is 0. The topological polar surface area (TPSA) is 55.7 Å². The summed E-state index contributed by atoms with van der Waals surface area (Å²) in [5, 5.41) is 23.0. The lowest BCUT2D eigenvalue weighted by molar-refractivity contribution is 0.163. The van der Waals surface area contributed by atoms with Crippen LogP contribution in [0.4, 0.5) is 0 Å². The quantitative estimate of drug-likeness (QED) is 0.561. The maximum atomic E-state index is 10.1. The minimum atomic E-state index is 0.132. The Hall–Kier alpha value is -1.52. The maximum absolute atomic E-state index is 10.1. The van der Waals surface area contributed by atoms with E-state index in [4.69, 9.17) is 0 Å². The number of rotatable bonds is 5. The Labute approximate surface area is 114 Å². The van der Waals surface area contributed by atoms with Gasteiger partial charge < -0.3 is 15.5 Å². The lowest BCUT2D eigenvalue weighted by Crippen LogP contribution is -2.45. The molecular formula is C15H22N2O2. The van der Waals surface area contributed by atoms with Gasteiger partial charge in [0.15, 0.2) is 0 Å². The van der Waals surface area contributed by atoms with Gasteiger partial charge in [-0.3, -0.25) is 4.90 Å². The number of phenolic OH excluding ortho intramolecular Hbond substituents is 2. The third-order valence-electron chi connectivity index (χ3n) is 3.61. The van der Waals surface area contributed by atoms with E-state index in [0.29, 0.717) is 0 Å². The van der Waals surface area contributed by atoms with E-state index in [1.165, 1.54) is 6.07 Å². The number of hydrogen-bond donors (Lipinski definition) is 3. The van der Waals surface area contributed by atoms with Crippen LogP contribution in [0.3, 0.4) is 0 Å². The number of aromatic hydroxyl groups is 2. The van der Waals surface area contributed by atoms with Gasteiger partial charge in [-0.2, -0.15) is 0 Å². The standard InChI is InChI=1S/C15H22N2O2/c1-2-3-4-14(17-9-7-16-8-10-17)13-11-12(18)5-6-15(13)19/h2,5-6,11,14,16,18-19H,1,3-4,7-10H2/t14-/m1/s1. The van der Waals surface area contributed by atoms with E-state index in [1.54, 1.807) is 12.1 Å². The molecule has 1 aromatic carbocycles. The Morgan fingerprint density at radius 3 is 2.74 bits per heavy atom. The molecule has 0 bridgehead atoms. The van der Waals surface area contributed by atoms with Crippen LogP contribution in [-0.4, -0.2) is 41.3 Å². The van der Waals surface area contributed by atoms with Gasteiger partial charge in [-0.25, -0.2) is 0 Å². The second-order valence-electron chi connectivity index (χ2n) is 4.91. The van der Waals surface area contributed by atoms with E-state index >= 15 is 0 Å².